The van der Waals surface area contributed by atoms with Crippen molar-refractivity contribution in [2.45, 2.75) is 51.7 Å². The van der Waals surface area contributed by atoms with Crippen molar-refractivity contribution < 1.29 is 14.3 Å². The van der Waals surface area contributed by atoms with Crippen LogP contribution in [0.1, 0.15) is 39.2 Å². The largest absolute Gasteiger partial charge is 0.444 e. The van der Waals surface area contributed by atoms with Crippen molar-refractivity contribution in [1.82, 2.24) is 9.80 Å². The number of benzene rings is 1. The molecular weight excluding hydrogens is 330 g/mol. The fourth-order valence-electron chi connectivity index (χ4n) is 2.91. The van der Waals surface area contributed by atoms with Gasteiger partial charge in [0, 0.05) is 18.8 Å². The third-order valence-corrected chi connectivity index (χ3v) is 4.25. The molecular formula is C20H31N3O3. The highest BCUT2D eigenvalue weighted by Gasteiger charge is 2.36. The quantitative estimate of drug-likeness (QED) is 0.875. The number of nitrogens with one attached hydrogen (secondary N) is 1. The number of rotatable bonds is 5. The van der Waals surface area contributed by atoms with E-state index in [2.05, 4.69) is 10.2 Å². The van der Waals surface area contributed by atoms with Crippen LogP contribution in [0.4, 0.5) is 10.5 Å². The number of likely N-dealkylation sites (N-methyl/N-ethyl adjacent to an activating group) is 1. The molecule has 0 spiro atoms. The van der Waals surface area contributed by atoms with E-state index in [0.717, 1.165) is 25.1 Å². The zero-order valence-electron chi connectivity index (χ0n) is 16.5. The Hall–Kier alpha value is -2.08. The van der Waals surface area contributed by atoms with E-state index in [1.807, 2.05) is 59.1 Å². The van der Waals surface area contributed by atoms with E-state index in [0.29, 0.717) is 13.0 Å². The number of amides is 2. The lowest BCUT2D eigenvalue weighted by Crippen LogP contribution is -2.45. The summed E-state index contributed by atoms with van der Waals surface area (Å²) in [6, 6.07) is 7.41. The molecule has 1 aliphatic rings. The second-order valence-corrected chi connectivity index (χ2v) is 8.07. The number of likely N-dealkylation sites (tertiary alicyclic amines) is 1. The third-order valence-electron chi connectivity index (χ3n) is 4.25. The minimum absolute atomic E-state index is 0.158. The summed E-state index contributed by atoms with van der Waals surface area (Å²) in [4.78, 5) is 28.6. The van der Waals surface area contributed by atoms with Crippen molar-refractivity contribution in [3.63, 3.8) is 0 Å². The lowest BCUT2D eigenvalue weighted by Gasteiger charge is -2.28. The van der Waals surface area contributed by atoms with E-state index < -0.39 is 17.7 Å². The highest BCUT2D eigenvalue weighted by atomic mass is 16.6. The fourth-order valence-corrected chi connectivity index (χ4v) is 2.91. The Morgan fingerprint density at radius 2 is 1.88 bits per heavy atom. The van der Waals surface area contributed by atoms with Gasteiger partial charge in [0.15, 0.2) is 0 Å². The fraction of sp³-hybridized carbons (Fsp3) is 0.600. The standard InChI is InChI=1S/C20H31N3O3/c1-20(2,3)26-19(25)23-13-6-7-17(23)18(24)21-16-10-8-15(9-11-16)12-14-22(4)5/h8-11,17H,6-7,12-14H2,1-5H3,(H,21,24). The van der Waals surface area contributed by atoms with Gasteiger partial charge >= 0.3 is 6.09 Å². The van der Waals surface area contributed by atoms with Crippen LogP contribution in [-0.4, -0.2) is 60.6 Å². The SMILES string of the molecule is CN(C)CCc1ccc(NC(=O)C2CCCN2C(=O)OC(C)(C)C)cc1. The molecule has 0 aliphatic carbocycles. The summed E-state index contributed by atoms with van der Waals surface area (Å²) in [5, 5.41) is 2.92. The molecule has 6 nitrogen and oxygen atoms in total. The molecule has 26 heavy (non-hydrogen) atoms. The molecule has 1 fully saturated rings. The predicted octanol–water partition coefficient (Wildman–Crippen LogP) is 3.13. The molecule has 144 valence electrons. The first-order chi connectivity index (χ1) is 12.2. The number of ether oxygens (including phenoxy) is 1. The van der Waals surface area contributed by atoms with E-state index in [1.54, 1.807) is 0 Å². The lowest BCUT2D eigenvalue weighted by molar-refractivity contribution is -0.120. The van der Waals surface area contributed by atoms with Crippen LogP contribution in [0, 0.1) is 0 Å². The Labute approximate surface area is 156 Å². The van der Waals surface area contributed by atoms with E-state index in [-0.39, 0.29) is 5.91 Å². The van der Waals surface area contributed by atoms with Crippen LogP contribution in [0.5, 0.6) is 0 Å². The van der Waals surface area contributed by atoms with Gasteiger partial charge < -0.3 is 15.0 Å². The molecule has 1 heterocycles. The van der Waals surface area contributed by atoms with E-state index >= 15 is 0 Å². The van der Waals surface area contributed by atoms with Gasteiger partial charge in [-0.3, -0.25) is 9.69 Å². The van der Waals surface area contributed by atoms with Gasteiger partial charge in [-0.15, -0.1) is 0 Å². The highest BCUT2D eigenvalue weighted by Crippen LogP contribution is 2.22. The van der Waals surface area contributed by atoms with Crippen molar-refractivity contribution in [3.05, 3.63) is 29.8 Å². The van der Waals surface area contributed by atoms with E-state index in [1.165, 1.54) is 10.5 Å². The summed E-state index contributed by atoms with van der Waals surface area (Å²) in [6.07, 6.45) is 2.01. The van der Waals surface area contributed by atoms with Gasteiger partial charge in [-0.2, -0.15) is 0 Å². The van der Waals surface area contributed by atoms with Crippen LogP contribution in [-0.2, 0) is 16.0 Å². The van der Waals surface area contributed by atoms with Gasteiger partial charge in [0.2, 0.25) is 5.91 Å². The predicted molar refractivity (Wildman–Crippen MR) is 103 cm³/mol. The highest BCUT2D eigenvalue weighted by molar-refractivity contribution is 5.96. The molecule has 6 heteroatoms. The lowest BCUT2D eigenvalue weighted by atomic mass is 10.1. The van der Waals surface area contributed by atoms with Crippen molar-refractivity contribution >= 4 is 17.7 Å². The van der Waals surface area contributed by atoms with Crippen molar-refractivity contribution in [1.29, 1.82) is 0 Å². The number of anilines is 1. The first-order valence-corrected chi connectivity index (χ1v) is 9.20. The second-order valence-electron chi connectivity index (χ2n) is 8.07. The minimum Gasteiger partial charge on any atom is -0.444 e. The van der Waals surface area contributed by atoms with Gasteiger partial charge in [-0.1, -0.05) is 12.1 Å². The van der Waals surface area contributed by atoms with Crippen molar-refractivity contribution in [2.24, 2.45) is 0 Å². The number of carbonyl (C=O) groups excluding carboxylic acids is 2. The average Bonchev–Trinajstić information content (AvgIpc) is 3.02. The maximum absolute atomic E-state index is 12.6. The molecule has 0 aromatic heterocycles. The van der Waals surface area contributed by atoms with Gasteiger partial charge in [0.25, 0.3) is 0 Å². The Kier molecular flexibility index (Phi) is 6.64. The Morgan fingerprint density at radius 3 is 2.46 bits per heavy atom. The Morgan fingerprint density at radius 1 is 1.23 bits per heavy atom. The van der Waals surface area contributed by atoms with E-state index in [9.17, 15) is 9.59 Å². The summed E-state index contributed by atoms with van der Waals surface area (Å²) >= 11 is 0. The van der Waals surface area contributed by atoms with Gasteiger partial charge in [-0.25, -0.2) is 4.79 Å². The molecule has 2 amide bonds. The first-order valence-electron chi connectivity index (χ1n) is 9.20. The summed E-state index contributed by atoms with van der Waals surface area (Å²) in [5.74, 6) is -0.158. The normalized spacial score (nSPS) is 17.5. The van der Waals surface area contributed by atoms with Gasteiger partial charge in [-0.05, 0) is 71.8 Å². The molecule has 1 N–H and O–H groups in total. The van der Waals surface area contributed by atoms with Crippen LogP contribution in [0.15, 0.2) is 24.3 Å². The number of hydrogen-bond donors (Lipinski definition) is 1. The van der Waals surface area contributed by atoms with Crippen LogP contribution < -0.4 is 5.32 Å². The topological polar surface area (TPSA) is 61.9 Å². The molecule has 1 aliphatic heterocycles. The van der Waals surface area contributed by atoms with Crippen molar-refractivity contribution in [2.75, 3.05) is 32.5 Å². The zero-order valence-corrected chi connectivity index (χ0v) is 16.5. The molecule has 0 bridgehead atoms. The smallest absolute Gasteiger partial charge is 0.410 e. The van der Waals surface area contributed by atoms with Gasteiger partial charge in [0.05, 0.1) is 0 Å². The molecule has 1 aromatic carbocycles. The molecule has 1 atom stereocenters. The Bertz CT molecular complexity index is 620. The summed E-state index contributed by atoms with van der Waals surface area (Å²) in [7, 11) is 4.10. The number of hydrogen-bond acceptors (Lipinski definition) is 4. The molecule has 2 rings (SSSR count). The Balaban J connectivity index is 1.94. The molecule has 1 saturated heterocycles. The second kappa shape index (κ2) is 8.54. The van der Waals surface area contributed by atoms with Gasteiger partial charge in [0.1, 0.15) is 11.6 Å². The monoisotopic (exact) mass is 361 g/mol. The molecule has 1 unspecified atom stereocenters. The maximum atomic E-state index is 12.6. The number of carbonyl (C=O) groups is 2. The summed E-state index contributed by atoms with van der Waals surface area (Å²) < 4.78 is 5.42. The summed E-state index contributed by atoms with van der Waals surface area (Å²) in [5.41, 5.74) is 1.41. The average molecular weight is 361 g/mol. The molecule has 1 aromatic rings. The third kappa shape index (κ3) is 6.02. The first kappa shape index (κ1) is 20.2. The van der Waals surface area contributed by atoms with E-state index in [4.69, 9.17) is 4.74 Å². The van der Waals surface area contributed by atoms with Crippen LogP contribution in [0.25, 0.3) is 0 Å². The van der Waals surface area contributed by atoms with Crippen LogP contribution >= 0.6 is 0 Å². The van der Waals surface area contributed by atoms with Crippen LogP contribution in [0.3, 0.4) is 0 Å². The minimum atomic E-state index is -0.566. The number of nitrogens with zero attached hydrogens (tertiary/aromatic N) is 2. The molecule has 0 saturated carbocycles. The summed E-state index contributed by atoms with van der Waals surface area (Å²) in [6.45, 7) is 7.02. The van der Waals surface area contributed by atoms with Crippen LogP contribution in [0.2, 0.25) is 0 Å². The maximum Gasteiger partial charge on any atom is 0.410 e. The zero-order chi connectivity index (χ0) is 19.3. The van der Waals surface area contributed by atoms with Crippen molar-refractivity contribution in [3.8, 4) is 0 Å². The molecule has 0 radical (unpaired) electrons.